The molecular weight excluding hydrogens is 506 g/mol. The van der Waals surface area contributed by atoms with Crippen molar-refractivity contribution in [1.82, 2.24) is 14.5 Å². The van der Waals surface area contributed by atoms with Gasteiger partial charge in [0.05, 0.1) is 0 Å². The van der Waals surface area contributed by atoms with Crippen LogP contribution in [0.4, 0.5) is 0 Å². The minimum Gasteiger partial charge on any atom is -0.371 e. The molecule has 1 fully saturated rings. The summed E-state index contributed by atoms with van der Waals surface area (Å²) < 4.78 is 33.4. The normalized spacial score (nSPS) is 16.8. The molecule has 0 atom stereocenters. The van der Waals surface area contributed by atoms with Crippen molar-refractivity contribution in [3.63, 3.8) is 0 Å². The number of benzene rings is 3. The number of fused-ring (bicyclic) bond motifs is 1. The summed E-state index contributed by atoms with van der Waals surface area (Å²) in [5.41, 5.74) is 6.37. The maximum Gasteiger partial charge on any atom is 0.382 e. The molecule has 0 bridgehead atoms. The summed E-state index contributed by atoms with van der Waals surface area (Å²) in [5.74, 6) is 0.388. The summed E-state index contributed by atoms with van der Waals surface area (Å²) in [6, 6.07) is 25.3. The first-order valence-electron chi connectivity index (χ1n) is 14.4. The molecule has 0 radical (unpaired) electrons. The molecule has 0 spiro atoms. The zero-order valence-electron chi connectivity index (χ0n) is 23.0. The first kappa shape index (κ1) is 27.8. The highest BCUT2D eigenvalue weighted by Gasteiger charge is 2.23. The van der Waals surface area contributed by atoms with Gasteiger partial charge in [0.2, 0.25) is 0 Å². The van der Waals surface area contributed by atoms with E-state index < -0.39 is 10.3 Å². The van der Waals surface area contributed by atoms with Crippen LogP contribution in [0.5, 0.6) is 5.75 Å². The topological polar surface area (TPSA) is 61.9 Å². The molecule has 39 heavy (non-hydrogen) atoms. The SMILES string of the molecule is CCN(Cc1ccccc1)Cc1ccc(CN2CCc3ccc(OS(=O)(=O)NC4CCCCC4)cc3C2)cc1. The third kappa shape index (κ3) is 8.15. The van der Waals surface area contributed by atoms with Crippen molar-refractivity contribution in [2.75, 3.05) is 13.1 Å². The first-order chi connectivity index (χ1) is 19.0. The molecule has 6 nitrogen and oxygen atoms in total. The average molecular weight is 548 g/mol. The molecular formula is C32H41N3O3S. The Morgan fingerprint density at radius 3 is 2.28 bits per heavy atom. The Kier molecular flexibility index (Phi) is 9.35. The van der Waals surface area contributed by atoms with Crippen LogP contribution < -0.4 is 8.91 Å². The van der Waals surface area contributed by atoms with E-state index in [9.17, 15) is 8.42 Å². The Morgan fingerprint density at radius 1 is 0.872 bits per heavy atom. The second kappa shape index (κ2) is 13.1. The van der Waals surface area contributed by atoms with Crippen molar-refractivity contribution in [3.8, 4) is 5.75 Å². The molecule has 0 unspecified atom stereocenters. The van der Waals surface area contributed by atoms with Gasteiger partial charge in [-0.1, -0.05) is 86.8 Å². The van der Waals surface area contributed by atoms with Crippen LogP contribution >= 0.6 is 0 Å². The van der Waals surface area contributed by atoms with Crippen LogP contribution in [0, 0.1) is 0 Å². The molecule has 7 heteroatoms. The van der Waals surface area contributed by atoms with Crippen molar-refractivity contribution in [3.05, 3.63) is 101 Å². The summed E-state index contributed by atoms with van der Waals surface area (Å²) in [6.07, 6.45) is 6.02. The van der Waals surface area contributed by atoms with Crippen LogP contribution in [0.3, 0.4) is 0 Å². The van der Waals surface area contributed by atoms with Gasteiger partial charge in [0.25, 0.3) is 0 Å². The van der Waals surface area contributed by atoms with Crippen LogP contribution in [0.25, 0.3) is 0 Å². The summed E-state index contributed by atoms with van der Waals surface area (Å²) in [6.45, 7) is 7.74. The van der Waals surface area contributed by atoms with Gasteiger partial charge >= 0.3 is 10.3 Å². The van der Waals surface area contributed by atoms with Gasteiger partial charge in [0.1, 0.15) is 5.75 Å². The lowest BCUT2D eigenvalue weighted by Gasteiger charge is -2.29. The molecule has 1 aliphatic carbocycles. The lowest BCUT2D eigenvalue weighted by atomic mass is 9.96. The summed E-state index contributed by atoms with van der Waals surface area (Å²) in [4.78, 5) is 4.88. The van der Waals surface area contributed by atoms with Gasteiger partial charge in [-0.2, -0.15) is 13.1 Å². The highest BCUT2D eigenvalue weighted by atomic mass is 32.2. The molecule has 1 N–H and O–H groups in total. The Labute approximate surface area is 234 Å². The summed E-state index contributed by atoms with van der Waals surface area (Å²) >= 11 is 0. The molecule has 2 aliphatic rings. The number of nitrogens with zero attached hydrogens (tertiary/aromatic N) is 2. The van der Waals surface area contributed by atoms with Crippen LogP contribution in [0.1, 0.15) is 66.8 Å². The van der Waals surface area contributed by atoms with E-state index in [1.165, 1.54) is 28.7 Å². The minimum absolute atomic E-state index is 0.0165. The van der Waals surface area contributed by atoms with Crippen LogP contribution in [0.2, 0.25) is 0 Å². The Bertz CT molecular complexity index is 1310. The van der Waals surface area contributed by atoms with Crippen LogP contribution in [0.15, 0.2) is 72.8 Å². The average Bonchev–Trinajstić information content (AvgIpc) is 2.94. The quantitative estimate of drug-likeness (QED) is 0.328. The van der Waals surface area contributed by atoms with Gasteiger partial charge < -0.3 is 4.18 Å². The molecule has 5 rings (SSSR count). The Balaban J connectivity index is 1.15. The fourth-order valence-corrected chi connectivity index (χ4v) is 6.79. The largest absolute Gasteiger partial charge is 0.382 e. The van der Waals surface area contributed by atoms with E-state index in [1.54, 1.807) is 6.07 Å². The number of nitrogens with one attached hydrogen (secondary N) is 1. The van der Waals surface area contributed by atoms with E-state index in [4.69, 9.17) is 4.18 Å². The number of hydrogen-bond donors (Lipinski definition) is 1. The smallest absolute Gasteiger partial charge is 0.371 e. The van der Waals surface area contributed by atoms with E-state index >= 15 is 0 Å². The van der Waals surface area contributed by atoms with Gasteiger partial charge in [-0.3, -0.25) is 9.80 Å². The van der Waals surface area contributed by atoms with Crippen molar-refractivity contribution >= 4 is 10.3 Å². The number of hydrogen-bond acceptors (Lipinski definition) is 5. The highest BCUT2D eigenvalue weighted by Crippen LogP contribution is 2.26. The maximum absolute atomic E-state index is 12.6. The lowest BCUT2D eigenvalue weighted by Crippen LogP contribution is -2.38. The molecule has 1 saturated carbocycles. The van der Waals surface area contributed by atoms with Gasteiger partial charge in [0, 0.05) is 38.8 Å². The van der Waals surface area contributed by atoms with E-state index in [-0.39, 0.29) is 6.04 Å². The fourth-order valence-electron chi connectivity index (χ4n) is 5.74. The Morgan fingerprint density at radius 2 is 1.56 bits per heavy atom. The predicted molar refractivity (Wildman–Crippen MR) is 156 cm³/mol. The number of rotatable bonds is 11. The van der Waals surface area contributed by atoms with Crippen molar-refractivity contribution in [2.24, 2.45) is 0 Å². The molecule has 0 saturated heterocycles. The van der Waals surface area contributed by atoms with E-state index in [1.807, 2.05) is 12.1 Å². The maximum atomic E-state index is 12.6. The fraction of sp³-hybridized carbons (Fsp3) is 0.438. The molecule has 0 amide bonds. The lowest BCUT2D eigenvalue weighted by molar-refractivity contribution is 0.245. The molecule has 3 aromatic rings. The van der Waals surface area contributed by atoms with Crippen molar-refractivity contribution < 1.29 is 12.6 Å². The predicted octanol–water partition coefficient (Wildman–Crippen LogP) is 5.81. The zero-order valence-corrected chi connectivity index (χ0v) is 23.8. The molecule has 0 aromatic heterocycles. The molecule has 208 valence electrons. The van der Waals surface area contributed by atoms with Gasteiger partial charge in [-0.15, -0.1) is 0 Å². The summed E-state index contributed by atoms with van der Waals surface area (Å²) in [7, 11) is -3.82. The standard InChI is InChI=1S/C32H41N3O3S/c1-2-34(22-26-9-5-3-6-10-26)23-27-13-15-28(16-14-27)24-35-20-19-29-17-18-32(21-30(29)25-35)38-39(36,37)33-31-11-7-4-8-12-31/h3,5-6,9-10,13-18,21,31,33H,2,4,7-8,11-12,19-20,22-25H2,1H3. The van der Waals surface area contributed by atoms with Crippen LogP contribution in [-0.2, 0) is 42.9 Å². The summed E-state index contributed by atoms with van der Waals surface area (Å²) in [5, 5.41) is 0. The van der Waals surface area contributed by atoms with Gasteiger partial charge in [0.15, 0.2) is 0 Å². The molecule has 1 aliphatic heterocycles. The van der Waals surface area contributed by atoms with Crippen LogP contribution in [-0.4, -0.2) is 37.3 Å². The minimum atomic E-state index is -3.82. The van der Waals surface area contributed by atoms with Crippen molar-refractivity contribution in [1.29, 1.82) is 0 Å². The van der Waals surface area contributed by atoms with E-state index in [0.29, 0.717) is 5.75 Å². The van der Waals surface area contributed by atoms with E-state index in [2.05, 4.69) is 76.0 Å². The second-order valence-corrected chi connectivity index (χ2v) is 12.3. The molecule has 1 heterocycles. The van der Waals surface area contributed by atoms with Gasteiger partial charge in [-0.25, -0.2) is 0 Å². The monoisotopic (exact) mass is 547 g/mol. The molecule has 3 aromatic carbocycles. The highest BCUT2D eigenvalue weighted by molar-refractivity contribution is 7.85. The second-order valence-electron chi connectivity index (χ2n) is 11.0. The third-order valence-corrected chi connectivity index (χ3v) is 8.96. The van der Waals surface area contributed by atoms with Gasteiger partial charge in [-0.05, 0) is 65.8 Å². The van der Waals surface area contributed by atoms with Crippen molar-refractivity contribution in [2.45, 2.75) is 77.7 Å². The third-order valence-electron chi connectivity index (χ3n) is 7.92. The Hall–Kier alpha value is -2.71. The van der Waals surface area contributed by atoms with E-state index in [0.717, 1.165) is 76.9 Å². The first-order valence-corrected chi connectivity index (χ1v) is 15.8. The zero-order chi connectivity index (χ0) is 27.1.